The highest BCUT2D eigenvalue weighted by Gasteiger charge is 2.20. The molecule has 4 rings (SSSR count). The second-order valence-corrected chi connectivity index (χ2v) is 10.1. The summed E-state index contributed by atoms with van der Waals surface area (Å²) in [6.07, 6.45) is 0.890. The number of aryl methyl sites for hydroxylation is 1. The Bertz CT molecular complexity index is 1750. The fourth-order valence-electron chi connectivity index (χ4n) is 3.94. The second-order valence-electron chi connectivity index (χ2n) is 7.96. The van der Waals surface area contributed by atoms with Gasteiger partial charge < -0.3 is 4.57 Å². The van der Waals surface area contributed by atoms with E-state index in [9.17, 15) is 31.6 Å². The predicted molar refractivity (Wildman–Crippen MR) is 149 cm³/mol. The van der Waals surface area contributed by atoms with E-state index in [0.717, 1.165) is 33.3 Å². The molecule has 0 atom stereocenters. The molecule has 0 radical (unpaired) electrons. The minimum absolute atomic E-state index is 0.0337. The maximum absolute atomic E-state index is 9.59. The van der Waals surface area contributed by atoms with Crippen molar-refractivity contribution in [3.8, 4) is 63.2 Å². The molecule has 0 spiro atoms. The van der Waals surface area contributed by atoms with Gasteiger partial charge in [-0.25, -0.2) is 0 Å². The highest BCUT2D eigenvalue weighted by atomic mass is 32.1. The summed E-state index contributed by atoms with van der Waals surface area (Å²) >= 11 is 2.61. The Labute approximate surface area is 233 Å². The zero-order valence-corrected chi connectivity index (χ0v) is 22.1. The van der Waals surface area contributed by atoms with Crippen LogP contribution in [0.1, 0.15) is 22.2 Å². The van der Waals surface area contributed by atoms with Gasteiger partial charge in [-0.15, -0.1) is 22.7 Å². The molecule has 39 heavy (non-hydrogen) atoms. The zero-order chi connectivity index (χ0) is 27.9. The average molecular weight is 538 g/mol. The topological polar surface area (TPSA) is 148 Å². The zero-order valence-electron chi connectivity index (χ0n) is 20.4. The van der Waals surface area contributed by atoms with Gasteiger partial charge in [0.2, 0.25) is 0 Å². The molecule has 0 bridgehead atoms. The van der Waals surface area contributed by atoms with Gasteiger partial charge in [0.1, 0.15) is 47.6 Å². The lowest BCUT2D eigenvalue weighted by molar-refractivity contribution is 1.08. The maximum Gasteiger partial charge on any atom is 0.148 e. The van der Waals surface area contributed by atoms with Crippen LogP contribution in [-0.4, -0.2) is 4.57 Å². The van der Waals surface area contributed by atoms with Crippen LogP contribution in [0.5, 0.6) is 0 Å². The molecule has 0 aliphatic carbocycles. The van der Waals surface area contributed by atoms with Crippen molar-refractivity contribution in [3.05, 3.63) is 87.1 Å². The molecule has 0 unspecified atom stereocenters. The van der Waals surface area contributed by atoms with Crippen LogP contribution in [0.2, 0.25) is 0 Å². The highest BCUT2D eigenvalue weighted by Crippen LogP contribution is 2.40. The number of hydrogen-bond acceptors (Lipinski definition) is 8. The highest BCUT2D eigenvalue weighted by molar-refractivity contribution is 7.17. The van der Waals surface area contributed by atoms with Gasteiger partial charge in [-0.2, -0.15) is 31.6 Å². The summed E-state index contributed by atoms with van der Waals surface area (Å²) in [6, 6.07) is 30.3. The smallest absolute Gasteiger partial charge is 0.148 e. The number of benzene rings is 1. The first-order valence-electron chi connectivity index (χ1n) is 11.4. The van der Waals surface area contributed by atoms with E-state index in [1.54, 1.807) is 36.4 Å². The first kappa shape index (κ1) is 26.4. The maximum atomic E-state index is 9.59. The van der Waals surface area contributed by atoms with Gasteiger partial charge in [0.05, 0.1) is 32.3 Å². The molecule has 9 heteroatoms. The average Bonchev–Trinajstić information content (AvgIpc) is 3.74. The fraction of sp³-hybridized carbons (Fsp3) is 0.0667. The van der Waals surface area contributed by atoms with Crippen molar-refractivity contribution in [2.45, 2.75) is 13.3 Å². The van der Waals surface area contributed by atoms with Crippen LogP contribution in [-0.2, 0) is 6.42 Å². The monoisotopic (exact) mass is 537 g/mol. The molecular weight excluding hydrogens is 523 g/mol. The molecule has 0 saturated carbocycles. The predicted octanol–water partition coefficient (Wildman–Crippen LogP) is 7.15. The van der Waals surface area contributed by atoms with E-state index in [1.165, 1.54) is 28.2 Å². The van der Waals surface area contributed by atoms with E-state index in [0.29, 0.717) is 9.75 Å². The van der Waals surface area contributed by atoms with Crippen molar-refractivity contribution in [2.75, 3.05) is 0 Å². The quantitative estimate of drug-likeness (QED) is 0.239. The molecule has 4 aromatic rings. The van der Waals surface area contributed by atoms with Crippen LogP contribution in [0.25, 0.3) is 38.0 Å². The lowest BCUT2D eigenvalue weighted by Gasteiger charge is -2.13. The van der Waals surface area contributed by atoms with Crippen LogP contribution in [0.15, 0.2) is 71.8 Å². The number of aromatic nitrogens is 1. The lowest BCUT2D eigenvalue weighted by atomic mass is 10.1. The van der Waals surface area contributed by atoms with Crippen molar-refractivity contribution < 1.29 is 0 Å². The molecule has 1 aromatic carbocycles. The van der Waals surface area contributed by atoms with E-state index < -0.39 is 0 Å². The van der Waals surface area contributed by atoms with Crippen molar-refractivity contribution in [3.63, 3.8) is 0 Å². The summed E-state index contributed by atoms with van der Waals surface area (Å²) in [5.74, 6) is 0. The van der Waals surface area contributed by atoms with E-state index in [4.69, 9.17) is 0 Å². The Morgan fingerprint density at radius 2 is 1.03 bits per heavy atom. The lowest BCUT2D eigenvalue weighted by Crippen LogP contribution is -1.98. The summed E-state index contributed by atoms with van der Waals surface area (Å²) in [7, 11) is 0. The molecule has 0 aliphatic rings. The first-order chi connectivity index (χ1) is 19.0. The van der Waals surface area contributed by atoms with Crippen LogP contribution >= 0.6 is 22.7 Å². The van der Waals surface area contributed by atoms with Gasteiger partial charge >= 0.3 is 0 Å². The van der Waals surface area contributed by atoms with Crippen molar-refractivity contribution in [1.82, 2.24) is 4.57 Å². The van der Waals surface area contributed by atoms with Crippen molar-refractivity contribution in [1.29, 1.82) is 31.6 Å². The summed E-state index contributed by atoms with van der Waals surface area (Å²) in [5.41, 5.74) is 3.33. The summed E-state index contributed by atoms with van der Waals surface area (Å²) in [5, 5.41) is 56.2. The van der Waals surface area contributed by atoms with Crippen molar-refractivity contribution >= 4 is 33.8 Å². The van der Waals surface area contributed by atoms with E-state index in [2.05, 4.69) is 11.5 Å². The Hall–Kier alpha value is -5.68. The van der Waals surface area contributed by atoms with Crippen LogP contribution in [0, 0.1) is 68.0 Å². The number of allylic oxidation sites excluding steroid dienone is 4. The minimum atomic E-state index is -0.237. The van der Waals surface area contributed by atoms with E-state index >= 15 is 0 Å². The second kappa shape index (κ2) is 11.6. The standard InChI is InChI=1S/C30H15N7S2/c1-2-19-3-5-22(6-4-19)37-25(29-11-9-27(38-29)23(17-35)20(13-31)14-32)7-8-26(37)30-12-10-28(39-30)24(18-36)21(15-33)16-34/h3-12H,2H2,1H3. The summed E-state index contributed by atoms with van der Waals surface area (Å²) in [6.45, 7) is 2.08. The number of nitrogens with zero attached hydrogens (tertiary/aromatic N) is 7. The summed E-state index contributed by atoms with van der Waals surface area (Å²) in [4.78, 5) is 2.68. The number of thiophene rings is 2. The Morgan fingerprint density at radius 1 is 0.590 bits per heavy atom. The Balaban J connectivity index is 1.92. The number of nitriles is 6. The molecule has 0 amide bonds. The first-order valence-corrected chi connectivity index (χ1v) is 13.1. The molecule has 182 valence electrons. The molecule has 3 heterocycles. The molecule has 0 fully saturated rings. The Kier molecular flexibility index (Phi) is 7.84. The third-order valence-electron chi connectivity index (χ3n) is 5.86. The molecule has 3 aromatic heterocycles. The van der Waals surface area contributed by atoms with Gasteiger partial charge in [0.25, 0.3) is 0 Å². The SMILES string of the molecule is CCc1ccc(-n2c(-c3ccc(C(C#N)=C(C#N)C#N)s3)ccc2-c2ccc(C(C#N)=C(C#N)C#N)s2)cc1. The number of hydrogen-bond donors (Lipinski definition) is 0. The largest absolute Gasteiger partial charge is 0.308 e. The normalized spacial score (nSPS) is 9.62. The number of rotatable bonds is 6. The van der Waals surface area contributed by atoms with Crippen LogP contribution in [0.4, 0.5) is 0 Å². The van der Waals surface area contributed by atoms with Gasteiger partial charge in [-0.05, 0) is 60.5 Å². The molecular formula is C30H15N7S2. The third-order valence-corrected chi connectivity index (χ3v) is 8.11. The van der Waals surface area contributed by atoms with Crippen molar-refractivity contribution in [2.24, 2.45) is 0 Å². The summed E-state index contributed by atoms with van der Waals surface area (Å²) < 4.78 is 2.06. The van der Waals surface area contributed by atoms with Gasteiger partial charge in [-0.3, -0.25) is 0 Å². The van der Waals surface area contributed by atoms with E-state index in [-0.39, 0.29) is 22.3 Å². The van der Waals surface area contributed by atoms with Gasteiger partial charge in [0, 0.05) is 15.4 Å². The fourth-order valence-corrected chi connectivity index (χ4v) is 5.99. The van der Waals surface area contributed by atoms with E-state index in [1.807, 2.05) is 60.7 Å². The van der Waals surface area contributed by atoms with Crippen LogP contribution < -0.4 is 0 Å². The van der Waals surface area contributed by atoms with Gasteiger partial charge in [-0.1, -0.05) is 19.1 Å². The van der Waals surface area contributed by atoms with Crippen LogP contribution in [0.3, 0.4) is 0 Å². The Morgan fingerprint density at radius 3 is 1.38 bits per heavy atom. The molecule has 0 N–H and O–H groups in total. The van der Waals surface area contributed by atoms with Gasteiger partial charge in [0.15, 0.2) is 0 Å². The third kappa shape index (κ3) is 4.97. The molecule has 0 aliphatic heterocycles. The minimum Gasteiger partial charge on any atom is -0.308 e. The molecule has 7 nitrogen and oxygen atoms in total. The molecule has 0 saturated heterocycles.